The molecule has 7 aromatic carbocycles. The molecule has 2 heteroatoms. The molecule has 0 fully saturated rings. The topological polar surface area (TPSA) is 8.17 Å². The van der Waals surface area contributed by atoms with Gasteiger partial charge in [-0.15, -0.1) is 0 Å². The van der Waals surface area contributed by atoms with Crippen LogP contribution < -0.4 is 4.90 Å². The van der Waals surface area contributed by atoms with Crippen LogP contribution in [-0.2, 0) is 6.42 Å². The van der Waals surface area contributed by atoms with E-state index in [0.29, 0.717) is 0 Å². The van der Waals surface area contributed by atoms with Crippen molar-refractivity contribution in [3.8, 4) is 5.69 Å². The molecule has 8 aromatic rings. The predicted molar refractivity (Wildman–Crippen MR) is 218 cm³/mol. The van der Waals surface area contributed by atoms with Crippen molar-refractivity contribution in [1.29, 1.82) is 0 Å². The molecule has 246 valence electrons. The highest BCUT2D eigenvalue weighted by Gasteiger charge is 2.20. The summed E-state index contributed by atoms with van der Waals surface area (Å²) < 4.78 is 2.38. The van der Waals surface area contributed by atoms with E-state index in [1.54, 1.807) is 0 Å². The smallest absolute Gasteiger partial charge is 0.0542 e. The highest BCUT2D eigenvalue weighted by molar-refractivity contribution is 6.11. The van der Waals surface area contributed by atoms with Crippen LogP contribution in [0.4, 0.5) is 17.1 Å². The van der Waals surface area contributed by atoms with Gasteiger partial charge >= 0.3 is 0 Å². The third-order valence-electron chi connectivity index (χ3n) is 10.7. The fraction of sp³-hybridized carbons (Fsp3) is 0.102. The summed E-state index contributed by atoms with van der Waals surface area (Å²) in [6, 6.07) is 59.7. The van der Waals surface area contributed by atoms with Crippen LogP contribution >= 0.6 is 0 Å². The number of hydrogen-bond acceptors (Lipinski definition) is 1. The molecule has 0 spiro atoms. The van der Waals surface area contributed by atoms with Crippen molar-refractivity contribution in [1.82, 2.24) is 4.57 Å². The van der Waals surface area contributed by atoms with Crippen LogP contribution in [0.2, 0.25) is 0 Å². The average molecular weight is 657 g/mol. The van der Waals surface area contributed by atoms with E-state index in [-0.39, 0.29) is 0 Å². The van der Waals surface area contributed by atoms with Crippen molar-refractivity contribution >= 4 is 55.2 Å². The molecule has 0 radical (unpaired) electrons. The zero-order valence-corrected chi connectivity index (χ0v) is 29.2. The number of anilines is 3. The Balaban J connectivity index is 1.18. The lowest BCUT2D eigenvalue weighted by Gasteiger charge is -2.27. The highest BCUT2D eigenvalue weighted by atomic mass is 15.1. The summed E-state index contributed by atoms with van der Waals surface area (Å²) in [5.74, 6) is 0. The molecule has 1 aliphatic carbocycles. The first-order valence-corrected chi connectivity index (χ1v) is 18.0. The molecule has 0 saturated heterocycles. The number of benzene rings is 7. The Morgan fingerprint density at radius 2 is 1.22 bits per heavy atom. The zero-order chi connectivity index (χ0) is 34.3. The van der Waals surface area contributed by atoms with Crippen LogP contribution in [0.15, 0.2) is 181 Å². The van der Waals surface area contributed by atoms with E-state index in [9.17, 15) is 0 Å². The lowest BCUT2D eigenvalue weighted by atomic mass is 9.85. The summed E-state index contributed by atoms with van der Waals surface area (Å²) in [6.07, 6.45) is 5.63. The number of fused-ring (bicyclic) bond motifs is 4. The van der Waals surface area contributed by atoms with E-state index in [4.69, 9.17) is 0 Å². The van der Waals surface area contributed by atoms with Crippen LogP contribution in [0.5, 0.6) is 0 Å². The Labute approximate surface area is 300 Å². The maximum Gasteiger partial charge on any atom is 0.0542 e. The minimum Gasteiger partial charge on any atom is -0.310 e. The van der Waals surface area contributed by atoms with Gasteiger partial charge in [0.05, 0.1) is 16.7 Å². The molecule has 1 heterocycles. The quantitative estimate of drug-likeness (QED) is 0.166. The van der Waals surface area contributed by atoms with Crippen molar-refractivity contribution in [3.63, 3.8) is 0 Å². The van der Waals surface area contributed by atoms with Gasteiger partial charge in [-0.2, -0.15) is 0 Å². The molecule has 0 aliphatic heterocycles. The number of hydrogen-bond donors (Lipinski definition) is 0. The Hall–Kier alpha value is -6.12. The molecular weight excluding hydrogens is 617 g/mol. The van der Waals surface area contributed by atoms with Gasteiger partial charge < -0.3 is 9.47 Å². The van der Waals surface area contributed by atoms with Crippen LogP contribution in [0.25, 0.3) is 43.8 Å². The van der Waals surface area contributed by atoms with Crippen molar-refractivity contribution < 1.29 is 0 Å². The van der Waals surface area contributed by atoms with Crippen LogP contribution in [0.3, 0.4) is 0 Å². The maximum atomic E-state index is 2.47. The lowest BCUT2D eigenvalue weighted by molar-refractivity contribution is 0.876. The SMILES string of the molecule is CC1=C(c2ccccc2C)C=C(Cc2cccc3c(N(c4ccccc4)c4ccc5c(c4)c4ccccc4n5-c4ccccc4)cccc23)CC1. The summed E-state index contributed by atoms with van der Waals surface area (Å²) in [6.45, 7) is 4.52. The number of para-hydroxylation sites is 3. The first-order valence-electron chi connectivity index (χ1n) is 18.0. The molecule has 1 aromatic heterocycles. The molecule has 51 heavy (non-hydrogen) atoms. The molecule has 2 nitrogen and oxygen atoms in total. The molecule has 0 unspecified atom stereocenters. The van der Waals surface area contributed by atoms with Crippen molar-refractivity contribution in [2.45, 2.75) is 33.1 Å². The second-order valence-electron chi connectivity index (χ2n) is 13.8. The Bertz CT molecular complexity index is 2620. The van der Waals surface area contributed by atoms with Gasteiger partial charge in [-0.05, 0) is 115 Å². The molecule has 0 N–H and O–H groups in total. The van der Waals surface area contributed by atoms with E-state index < -0.39 is 0 Å². The van der Waals surface area contributed by atoms with Gasteiger partial charge in [-0.25, -0.2) is 0 Å². The van der Waals surface area contributed by atoms with Gasteiger partial charge in [0.15, 0.2) is 0 Å². The number of aryl methyl sites for hydroxylation is 1. The monoisotopic (exact) mass is 656 g/mol. The zero-order valence-electron chi connectivity index (χ0n) is 29.2. The summed E-state index contributed by atoms with van der Waals surface area (Å²) in [4.78, 5) is 2.43. The fourth-order valence-corrected chi connectivity index (χ4v) is 8.12. The third-order valence-corrected chi connectivity index (χ3v) is 10.7. The molecule has 1 aliphatic rings. The molecule has 0 bridgehead atoms. The molecule has 9 rings (SSSR count). The van der Waals surface area contributed by atoms with Gasteiger partial charge in [0, 0.05) is 33.2 Å². The fourth-order valence-electron chi connectivity index (χ4n) is 8.12. The minimum absolute atomic E-state index is 0.944. The van der Waals surface area contributed by atoms with E-state index >= 15 is 0 Å². The first kappa shape index (κ1) is 30.9. The molecular formula is C49H40N2. The van der Waals surface area contributed by atoms with Crippen molar-refractivity contribution in [2.24, 2.45) is 0 Å². The Kier molecular flexibility index (Phi) is 7.86. The van der Waals surface area contributed by atoms with E-state index in [1.165, 1.54) is 77.4 Å². The minimum atomic E-state index is 0.944. The second-order valence-corrected chi connectivity index (χ2v) is 13.8. The van der Waals surface area contributed by atoms with Gasteiger partial charge in [-0.3, -0.25) is 0 Å². The van der Waals surface area contributed by atoms with Gasteiger partial charge in [0.1, 0.15) is 0 Å². The maximum absolute atomic E-state index is 2.47. The number of allylic oxidation sites excluding steroid dienone is 4. The average Bonchev–Trinajstić information content (AvgIpc) is 3.51. The normalized spacial score (nSPS) is 13.3. The Morgan fingerprint density at radius 1 is 0.529 bits per heavy atom. The van der Waals surface area contributed by atoms with Gasteiger partial charge in [0.25, 0.3) is 0 Å². The van der Waals surface area contributed by atoms with Crippen molar-refractivity contribution in [2.75, 3.05) is 4.90 Å². The van der Waals surface area contributed by atoms with Gasteiger partial charge in [0.2, 0.25) is 0 Å². The molecule has 0 saturated carbocycles. The largest absolute Gasteiger partial charge is 0.310 e. The van der Waals surface area contributed by atoms with E-state index in [2.05, 4.69) is 193 Å². The summed E-state index contributed by atoms with van der Waals surface area (Å²) in [7, 11) is 0. The summed E-state index contributed by atoms with van der Waals surface area (Å²) in [5.41, 5.74) is 15.5. The third kappa shape index (κ3) is 5.54. The Morgan fingerprint density at radius 3 is 2.06 bits per heavy atom. The standard InChI is InChI=1S/C49H40N2/c1-34-15-9-10-21-41(34)45-32-36(28-27-35(45)2)31-37-16-13-24-43-42(37)23-14-26-47(43)50(38-17-5-3-6-18-38)40-29-30-49-46(33-40)44-22-11-12-25-48(44)51(49)39-19-7-4-8-20-39/h3-26,29-30,32-33H,27-28,31H2,1-2H3. The van der Waals surface area contributed by atoms with Crippen LogP contribution in [0, 0.1) is 6.92 Å². The predicted octanol–water partition coefficient (Wildman–Crippen LogP) is 13.5. The number of rotatable bonds is 7. The number of aromatic nitrogens is 1. The van der Waals surface area contributed by atoms with Crippen molar-refractivity contribution in [3.05, 3.63) is 198 Å². The van der Waals surface area contributed by atoms with E-state index in [1.807, 2.05) is 0 Å². The first-order chi connectivity index (χ1) is 25.1. The van der Waals surface area contributed by atoms with Crippen LogP contribution in [0.1, 0.15) is 36.5 Å². The number of nitrogens with zero attached hydrogens (tertiary/aromatic N) is 2. The second kappa shape index (κ2) is 13.0. The van der Waals surface area contributed by atoms with Gasteiger partial charge in [-0.1, -0.05) is 126 Å². The molecule has 0 atom stereocenters. The lowest BCUT2D eigenvalue weighted by Crippen LogP contribution is -2.10. The molecule has 0 amide bonds. The van der Waals surface area contributed by atoms with Crippen LogP contribution in [-0.4, -0.2) is 4.57 Å². The highest BCUT2D eigenvalue weighted by Crippen LogP contribution is 2.43. The van der Waals surface area contributed by atoms with E-state index in [0.717, 1.165) is 30.6 Å². The summed E-state index contributed by atoms with van der Waals surface area (Å²) >= 11 is 0. The summed E-state index contributed by atoms with van der Waals surface area (Å²) in [5, 5.41) is 5.06.